The molecule has 3 rings (SSSR count). The molecule has 0 spiro atoms. The first-order valence-corrected chi connectivity index (χ1v) is 6.46. The Morgan fingerprint density at radius 3 is 2.45 bits per heavy atom. The Labute approximate surface area is 124 Å². The summed E-state index contributed by atoms with van der Waals surface area (Å²) in [6.07, 6.45) is 2.97. The summed E-state index contributed by atoms with van der Waals surface area (Å²) < 4.78 is 0. The van der Waals surface area contributed by atoms with Crippen molar-refractivity contribution in [1.82, 2.24) is 4.98 Å². The average Bonchev–Trinajstić information content (AvgIpc) is 3.16. The van der Waals surface area contributed by atoms with Crippen LogP contribution in [-0.4, -0.2) is 16.1 Å². The molecule has 4 nitrogen and oxygen atoms in total. The third kappa shape index (κ3) is 3.40. The minimum absolute atomic E-state index is 0. The van der Waals surface area contributed by atoms with Crippen molar-refractivity contribution in [2.24, 2.45) is 5.73 Å². The Hall–Kier alpha value is -1.78. The molecule has 5 heteroatoms. The lowest BCUT2D eigenvalue weighted by atomic mass is 10.2. The second kappa shape index (κ2) is 6.11. The molecule has 1 aromatic carbocycles. The molecule has 0 unspecified atom stereocenters. The highest BCUT2D eigenvalue weighted by Gasteiger charge is 2.34. The Kier molecular flexibility index (Phi) is 4.47. The molecule has 1 fully saturated rings. The van der Waals surface area contributed by atoms with Crippen molar-refractivity contribution in [2.75, 3.05) is 5.32 Å². The van der Waals surface area contributed by atoms with Crippen LogP contribution in [0.2, 0.25) is 0 Å². The third-order valence-corrected chi connectivity index (χ3v) is 3.46. The fourth-order valence-electron chi connectivity index (χ4n) is 2.13. The van der Waals surface area contributed by atoms with E-state index in [1.165, 1.54) is 5.56 Å². The number of pyridine rings is 1. The molecule has 1 aliphatic rings. The number of nitrogens with one attached hydrogen (secondary N) is 1. The second-order valence-electron chi connectivity index (χ2n) is 5.00. The highest BCUT2D eigenvalue weighted by Crippen LogP contribution is 2.38. The van der Waals surface area contributed by atoms with Gasteiger partial charge in [-0.25, -0.2) is 4.98 Å². The highest BCUT2D eigenvalue weighted by molar-refractivity contribution is 5.85. The first kappa shape index (κ1) is 14.6. The molecule has 0 radical (unpaired) electrons. The number of hydrogen-bond donors (Lipinski definition) is 3. The zero-order valence-electron chi connectivity index (χ0n) is 11.0. The maximum absolute atomic E-state index is 9.21. The van der Waals surface area contributed by atoms with Gasteiger partial charge in [0.2, 0.25) is 0 Å². The summed E-state index contributed by atoms with van der Waals surface area (Å²) in [5.41, 5.74) is 8.15. The Morgan fingerprint density at radius 1 is 1.20 bits per heavy atom. The SMILES string of the molecule is Cl.N[C@H]1C[C@@H]1c1ccc(NCc2ccc(O)cc2)nc1. The molecular formula is C15H18ClN3O. The molecule has 20 heavy (non-hydrogen) atoms. The lowest BCUT2D eigenvalue weighted by Gasteiger charge is -2.06. The van der Waals surface area contributed by atoms with E-state index in [0.29, 0.717) is 18.5 Å². The third-order valence-electron chi connectivity index (χ3n) is 3.46. The van der Waals surface area contributed by atoms with E-state index in [2.05, 4.69) is 16.4 Å². The molecule has 1 aliphatic carbocycles. The van der Waals surface area contributed by atoms with Gasteiger partial charge in [-0.1, -0.05) is 18.2 Å². The number of nitrogens with zero attached hydrogens (tertiary/aromatic N) is 1. The molecule has 4 N–H and O–H groups in total. The number of phenolic OH excluding ortho intramolecular Hbond substituents is 1. The Bertz CT molecular complexity index is 556. The van der Waals surface area contributed by atoms with Crippen molar-refractivity contribution in [1.29, 1.82) is 0 Å². The smallest absolute Gasteiger partial charge is 0.126 e. The monoisotopic (exact) mass is 291 g/mol. The summed E-state index contributed by atoms with van der Waals surface area (Å²) in [6.45, 7) is 0.690. The van der Waals surface area contributed by atoms with Crippen LogP contribution in [0.15, 0.2) is 42.6 Å². The van der Waals surface area contributed by atoms with E-state index < -0.39 is 0 Å². The highest BCUT2D eigenvalue weighted by atomic mass is 35.5. The number of benzene rings is 1. The van der Waals surface area contributed by atoms with Gasteiger partial charge in [-0.3, -0.25) is 0 Å². The topological polar surface area (TPSA) is 71.2 Å². The predicted molar refractivity (Wildman–Crippen MR) is 82.3 cm³/mol. The number of anilines is 1. The quantitative estimate of drug-likeness (QED) is 0.810. The average molecular weight is 292 g/mol. The first-order chi connectivity index (χ1) is 9.22. The Balaban J connectivity index is 0.00000147. The van der Waals surface area contributed by atoms with Crippen molar-refractivity contribution in [2.45, 2.75) is 24.9 Å². The van der Waals surface area contributed by atoms with Gasteiger partial charge in [0.05, 0.1) is 0 Å². The minimum atomic E-state index is 0. The minimum Gasteiger partial charge on any atom is -0.508 e. The van der Waals surface area contributed by atoms with Gasteiger partial charge in [-0.05, 0) is 35.7 Å². The summed E-state index contributed by atoms with van der Waals surface area (Å²) in [6, 6.07) is 11.5. The van der Waals surface area contributed by atoms with Crippen molar-refractivity contribution >= 4 is 18.2 Å². The lowest BCUT2D eigenvalue weighted by molar-refractivity contribution is 0.475. The zero-order valence-corrected chi connectivity index (χ0v) is 11.8. The van der Waals surface area contributed by atoms with E-state index in [9.17, 15) is 5.11 Å². The van der Waals surface area contributed by atoms with Gasteiger partial charge in [0.15, 0.2) is 0 Å². The lowest BCUT2D eigenvalue weighted by Crippen LogP contribution is -2.03. The van der Waals surface area contributed by atoms with Gasteiger partial charge in [0.25, 0.3) is 0 Å². The van der Waals surface area contributed by atoms with Gasteiger partial charge in [-0.15, -0.1) is 12.4 Å². The van der Waals surface area contributed by atoms with Gasteiger partial charge < -0.3 is 16.2 Å². The van der Waals surface area contributed by atoms with Crippen LogP contribution in [0.3, 0.4) is 0 Å². The molecule has 2 atom stereocenters. The number of aromatic hydroxyl groups is 1. The van der Waals surface area contributed by atoms with Crippen LogP contribution in [0.5, 0.6) is 5.75 Å². The molecule has 1 aromatic heterocycles. The van der Waals surface area contributed by atoms with Crippen LogP contribution >= 0.6 is 12.4 Å². The van der Waals surface area contributed by atoms with Gasteiger partial charge in [-0.2, -0.15) is 0 Å². The standard InChI is InChI=1S/C15H17N3O.ClH/c16-14-7-13(14)11-3-6-15(18-9-11)17-8-10-1-4-12(19)5-2-10;/h1-6,9,13-14,19H,7-8,16H2,(H,17,18);1H/t13-,14+;/m1./s1. The first-order valence-electron chi connectivity index (χ1n) is 6.46. The second-order valence-corrected chi connectivity index (χ2v) is 5.00. The summed E-state index contributed by atoms with van der Waals surface area (Å²) in [4.78, 5) is 4.39. The van der Waals surface area contributed by atoms with Crippen LogP contribution < -0.4 is 11.1 Å². The number of phenols is 1. The summed E-state index contributed by atoms with van der Waals surface area (Å²) >= 11 is 0. The molecule has 1 heterocycles. The normalized spacial score (nSPS) is 20.1. The van der Waals surface area contributed by atoms with Crippen LogP contribution in [-0.2, 0) is 6.54 Å². The van der Waals surface area contributed by atoms with Gasteiger partial charge in [0, 0.05) is 24.7 Å². The molecule has 0 bridgehead atoms. The Morgan fingerprint density at radius 2 is 1.90 bits per heavy atom. The number of halogens is 1. The fraction of sp³-hybridized carbons (Fsp3) is 0.267. The van der Waals surface area contributed by atoms with Crippen molar-refractivity contribution in [3.63, 3.8) is 0 Å². The number of hydrogen-bond acceptors (Lipinski definition) is 4. The maximum Gasteiger partial charge on any atom is 0.126 e. The van der Waals surface area contributed by atoms with Crippen LogP contribution in [0.1, 0.15) is 23.5 Å². The summed E-state index contributed by atoms with van der Waals surface area (Å²) in [5, 5.41) is 12.5. The zero-order chi connectivity index (χ0) is 13.2. The van der Waals surface area contributed by atoms with E-state index >= 15 is 0 Å². The molecule has 106 valence electrons. The number of aromatic nitrogens is 1. The van der Waals surface area contributed by atoms with Gasteiger partial charge >= 0.3 is 0 Å². The molecule has 2 aromatic rings. The van der Waals surface area contributed by atoms with Crippen LogP contribution in [0.25, 0.3) is 0 Å². The molecule has 0 saturated heterocycles. The molecule has 1 saturated carbocycles. The largest absolute Gasteiger partial charge is 0.508 e. The van der Waals surface area contributed by atoms with E-state index in [4.69, 9.17) is 5.73 Å². The van der Waals surface area contributed by atoms with Crippen molar-refractivity contribution in [3.05, 3.63) is 53.7 Å². The molecule has 0 amide bonds. The maximum atomic E-state index is 9.21. The fourth-order valence-corrected chi connectivity index (χ4v) is 2.13. The van der Waals surface area contributed by atoms with E-state index in [-0.39, 0.29) is 18.2 Å². The van der Waals surface area contributed by atoms with Crippen LogP contribution in [0.4, 0.5) is 5.82 Å². The molecule has 0 aliphatic heterocycles. The van der Waals surface area contributed by atoms with Crippen molar-refractivity contribution < 1.29 is 5.11 Å². The van der Waals surface area contributed by atoms with E-state index in [1.54, 1.807) is 12.1 Å². The number of rotatable bonds is 4. The van der Waals surface area contributed by atoms with E-state index in [1.807, 2.05) is 24.4 Å². The van der Waals surface area contributed by atoms with E-state index in [0.717, 1.165) is 17.8 Å². The van der Waals surface area contributed by atoms with Crippen molar-refractivity contribution in [3.8, 4) is 5.75 Å². The predicted octanol–water partition coefficient (Wildman–Crippen LogP) is 2.64. The molecular weight excluding hydrogens is 274 g/mol. The van der Waals surface area contributed by atoms with Gasteiger partial charge in [0.1, 0.15) is 11.6 Å². The summed E-state index contributed by atoms with van der Waals surface area (Å²) in [5.74, 6) is 1.64. The summed E-state index contributed by atoms with van der Waals surface area (Å²) in [7, 11) is 0. The van der Waals surface area contributed by atoms with Crippen LogP contribution in [0, 0.1) is 0 Å². The number of nitrogens with two attached hydrogens (primary N) is 1.